The largest absolute Gasteiger partial charge is 0.324 e. The molecule has 1 aromatic carbocycles. The van der Waals surface area contributed by atoms with Gasteiger partial charge < -0.3 is 5.32 Å². The number of nitrogens with zero attached hydrogens (tertiary/aromatic N) is 1. The Hall–Kier alpha value is -2.00. The number of sulfonamides is 1. The van der Waals surface area contributed by atoms with E-state index < -0.39 is 20.7 Å². The fourth-order valence-corrected chi connectivity index (χ4v) is 3.34. The summed E-state index contributed by atoms with van der Waals surface area (Å²) in [6, 6.07) is 5.00. The number of halogens is 2. The molecule has 0 aliphatic heterocycles. The van der Waals surface area contributed by atoms with Crippen LogP contribution in [0.1, 0.15) is 6.92 Å². The van der Waals surface area contributed by atoms with Crippen molar-refractivity contribution < 1.29 is 17.6 Å². The van der Waals surface area contributed by atoms with Crippen molar-refractivity contribution in [1.82, 2.24) is 4.98 Å². The zero-order valence-electron chi connectivity index (χ0n) is 11.3. The van der Waals surface area contributed by atoms with E-state index in [-0.39, 0.29) is 17.3 Å². The minimum Gasteiger partial charge on any atom is -0.324 e. The highest BCUT2D eigenvalue weighted by molar-refractivity contribution is 9.10. The third-order valence-electron chi connectivity index (χ3n) is 2.56. The average Bonchev–Trinajstić information content (AvgIpc) is 2.43. The molecule has 22 heavy (non-hydrogen) atoms. The number of pyridine rings is 1. The second-order valence-electron chi connectivity index (χ2n) is 4.28. The van der Waals surface area contributed by atoms with E-state index in [1.807, 2.05) is 0 Å². The Morgan fingerprint density at radius 1 is 1.27 bits per heavy atom. The molecule has 0 fully saturated rings. The molecule has 0 saturated heterocycles. The molecule has 116 valence electrons. The van der Waals surface area contributed by atoms with E-state index in [0.29, 0.717) is 4.47 Å². The highest BCUT2D eigenvalue weighted by Gasteiger charge is 2.21. The molecule has 1 amide bonds. The van der Waals surface area contributed by atoms with E-state index in [4.69, 9.17) is 0 Å². The number of aromatic nitrogens is 1. The molecule has 2 rings (SSSR count). The Morgan fingerprint density at radius 2 is 2.00 bits per heavy atom. The number of carbonyl (C=O) groups excluding carboxylic acids is 1. The summed E-state index contributed by atoms with van der Waals surface area (Å²) in [6.45, 7) is 1.28. The molecule has 0 unspecified atom stereocenters. The Balaban J connectivity index is 2.41. The van der Waals surface area contributed by atoms with Crippen LogP contribution in [0.15, 0.2) is 46.0 Å². The maximum Gasteiger partial charge on any atom is 0.264 e. The van der Waals surface area contributed by atoms with Crippen molar-refractivity contribution in [2.75, 3.05) is 10.0 Å². The molecule has 0 radical (unpaired) electrons. The minimum atomic E-state index is -4.17. The van der Waals surface area contributed by atoms with Crippen molar-refractivity contribution in [3.05, 3.63) is 46.9 Å². The van der Waals surface area contributed by atoms with Gasteiger partial charge in [-0.25, -0.2) is 12.8 Å². The van der Waals surface area contributed by atoms with E-state index in [9.17, 15) is 17.6 Å². The molecule has 1 aromatic heterocycles. The third kappa shape index (κ3) is 3.80. The van der Waals surface area contributed by atoms with Gasteiger partial charge in [-0.05, 0) is 24.3 Å². The van der Waals surface area contributed by atoms with Crippen LogP contribution < -0.4 is 10.0 Å². The molecule has 2 aromatic rings. The predicted octanol–water partition coefficient (Wildman–Crippen LogP) is 2.74. The van der Waals surface area contributed by atoms with E-state index in [0.717, 1.165) is 12.1 Å². The van der Waals surface area contributed by atoms with Crippen molar-refractivity contribution in [3.8, 4) is 0 Å². The summed E-state index contributed by atoms with van der Waals surface area (Å²) in [5.74, 6) is -1.26. The highest BCUT2D eigenvalue weighted by Crippen LogP contribution is 2.26. The van der Waals surface area contributed by atoms with Crippen molar-refractivity contribution in [3.63, 3.8) is 0 Å². The fourth-order valence-electron chi connectivity index (χ4n) is 1.66. The number of anilines is 2. The lowest BCUT2D eigenvalue weighted by Gasteiger charge is -2.12. The Kier molecular flexibility index (Phi) is 4.77. The quantitative estimate of drug-likeness (QED) is 0.843. The SMILES string of the molecule is CC(=O)Nc1ccncc1NS(=O)(=O)c1cc(Br)ccc1F. The van der Waals surface area contributed by atoms with Gasteiger partial charge in [-0.2, -0.15) is 0 Å². The van der Waals surface area contributed by atoms with E-state index in [1.165, 1.54) is 31.5 Å². The maximum absolute atomic E-state index is 13.8. The number of amides is 1. The van der Waals surface area contributed by atoms with Gasteiger partial charge in [0.1, 0.15) is 10.7 Å². The van der Waals surface area contributed by atoms with Gasteiger partial charge in [0, 0.05) is 17.6 Å². The molecule has 0 saturated carbocycles. The highest BCUT2D eigenvalue weighted by atomic mass is 79.9. The summed E-state index contributed by atoms with van der Waals surface area (Å²) in [6.07, 6.45) is 2.61. The van der Waals surface area contributed by atoms with Crippen molar-refractivity contribution in [1.29, 1.82) is 0 Å². The third-order valence-corrected chi connectivity index (χ3v) is 4.43. The summed E-state index contributed by atoms with van der Waals surface area (Å²) >= 11 is 3.09. The minimum absolute atomic E-state index is 0.0390. The van der Waals surface area contributed by atoms with Crippen LogP contribution in [0.5, 0.6) is 0 Å². The molecule has 9 heteroatoms. The molecule has 0 aliphatic carbocycles. The number of carbonyl (C=O) groups is 1. The van der Waals surface area contributed by atoms with Crippen LogP contribution in [0.2, 0.25) is 0 Å². The van der Waals surface area contributed by atoms with Gasteiger partial charge in [0.2, 0.25) is 5.91 Å². The van der Waals surface area contributed by atoms with Crippen LogP contribution >= 0.6 is 15.9 Å². The molecule has 1 heterocycles. The average molecular weight is 388 g/mol. The maximum atomic E-state index is 13.8. The molecule has 6 nitrogen and oxygen atoms in total. The van der Waals surface area contributed by atoms with Crippen LogP contribution in [0.3, 0.4) is 0 Å². The topological polar surface area (TPSA) is 88.2 Å². The number of benzene rings is 1. The van der Waals surface area contributed by atoms with Crippen LogP contribution in [0, 0.1) is 5.82 Å². The monoisotopic (exact) mass is 387 g/mol. The summed E-state index contributed by atoms with van der Waals surface area (Å²) < 4.78 is 41.0. The lowest BCUT2D eigenvalue weighted by atomic mass is 10.3. The van der Waals surface area contributed by atoms with E-state index in [1.54, 1.807) is 0 Å². The number of hydrogen-bond acceptors (Lipinski definition) is 4. The lowest BCUT2D eigenvalue weighted by Crippen LogP contribution is -2.17. The zero-order chi connectivity index (χ0) is 16.3. The van der Waals surface area contributed by atoms with Crippen molar-refractivity contribution >= 4 is 43.2 Å². The van der Waals surface area contributed by atoms with Gasteiger partial charge in [-0.1, -0.05) is 15.9 Å². The van der Waals surface area contributed by atoms with Crippen LogP contribution in [-0.2, 0) is 14.8 Å². The van der Waals surface area contributed by atoms with E-state index in [2.05, 4.69) is 31.0 Å². The van der Waals surface area contributed by atoms with Crippen molar-refractivity contribution in [2.45, 2.75) is 11.8 Å². The molecular weight excluding hydrogens is 377 g/mol. The molecule has 0 atom stereocenters. The summed E-state index contributed by atoms with van der Waals surface area (Å²) in [7, 11) is -4.17. The first kappa shape index (κ1) is 16.4. The van der Waals surface area contributed by atoms with Crippen LogP contribution in [-0.4, -0.2) is 19.3 Å². The van der Waals surface area contributed by atoms with Gasteiger partial charge in [0.15, 0.2) is 0 Å². The van der Waals surface area contributed by atoms with Gasteiger partial charge in [0.25, 0.3) is 10.0 Å². The van der Waals surface area contributed by atoms with E-state index >= 15 is 0 Å². The number of hydrogen-bond donors (Lipinski definition) is 2. The molecule has 0 bridgehead atoms. The fraction of sp³-hybridized carbons (Fsp3) is 0.0769. The molecule has 0 spiro atoms. The van der Waals surface area contributed by atoms with Crippen LogP contribution in [0.4, 0.5) is 15.8 Å². The first-order chi connectivity index (χ1) is 10.3. The predicted molar refractivity (Wildman–Crippen MR) is 83.4 cm³/mol. The standard InChI is InChI=1S/C13H11BrFN3O3S/c1-8(19)17-11-4-5-16-7-12(11)18-22(20,21)13-6-9(14)2-3-10(13)15/h2-7,18H,1H3,(H,16,17,19). The normalized spacial score (nSPS) is 11.0. The second-order valence-corrected chi connectivity index (χ2v) is 6.85. The summed E-state index contributed by atoms with van der Waals surface area (Å²) in [5, 5.41) is 2.46. The van der Waals surface area contributed by atoms with Gasteiger partial charge >= 0.3 is 0 Å². The Labute approximate surface area is 134 Å². The zero-order valence-corrected chi connectivity index (χ0v) is 13.7. The second kappa shape index (κ2) is 6.41. The summed E-state index contributed by atoms with van der Waals surface area (Å²) in [5.41, 5.74) is 0.263. The van der Waals surface area contributed by atoms with Crippen LogP contribution in [0.25, 0.3) is 0 Å². The molecule has 0 aliphatic rings. The summed E-state index contributed by atoms with van der Waals surface area (Å²) in [4.78, 5) is 14.4. The van der Waals surface area contributed by atoms with Gasteiger partial charge in [-0.15, -0.1) is 0 Å². The van der Waals surface area contributed by atoms with Gasteiger partial charge in [-0.3, -0.25) is 14.5 Å². The van der Waals surface area contributed by atoms with Crippen molar-refractivity contribution in [2.24, 2.45) is 0 Å². The first-order valence-electron chi connectivity index (χ1n) is 5.99. The molecular formula is C13H11BrFN3O3S. The number of rotatable bonds is 4. The Morgan fingerprint density at radius 3 is 2.68 bits per heavy atom. The Bertz CT molecular complexity index is 827. The lowest BCUT2D eigenvalue weighted by molar-refractivity contribution is -0.114. The first-order valence-corrected chi connectivity index (χ1v) is 8.26. The van der Waals surface area contributed by atoms with Gasteiger partial charge in [0.05, 0.1) is 17.6 Å². The molecule has 2 N–H and O–H groups in total. The smallest absolute Gasteiger partial charge is 0.264 e. The number of nitrogens with one attached hydrogen (secondary N) is 2.